The zero-order valence-corrected chi connectivity index (χ0v) is 13.3. The van der Waals surface area contributed by atoms with Crippen molar-refractivity contribution in [3.63, 3.8) is 0 Å². The minimum atomic E-state index is -0.507. The monoisotopic (exact) mass is 258 g/mol. The Morgan fingerprint density at radius 1 is 1.11 bits per heavy atom. The quantitative estimate of drug-likeness (QED) is 0.533. The normalized spacial score (nSPS) is 18.9. The molecule has 0 aliphatic carbocycles. The van der Waals surface area contributed by atoms with Gasteiger partial charge in [-0.2, -0.15) is 0 Å². The van der Waals surface area contributed by atoms with Gasteiger partial charge in [-0.05, 0) is 32.1 Å². The fraction of sp³-hybridized carbons (Fsp3) is 0.933. The minimum absolute atomic E-state index is 0.147. The second-order valence-electron chi connectivity index (χ2n) is 6.19. The minimum Gasteiger partial charge on any atom is -0.436 e. The van der Waals surface area contributed by atoms with Crippen LogP contribution in [0.15, 0.2) is 0 Å². The van der Waals surface area contributed by atoms with E-state index in [1.807, 2.05) is 13.8 Å². The fourth-order valence-corrected chi connectivity index (χ4v) is 2.20. The smallest absolute Gasteiger partial charge is 0.314 e. The Balaban J connectivity index is 5.05. The first-order chi connectivity index (χ1) is 8.11. The molecule has 3 unspecified atom stereocenters. The second kappa shape index (κ2) is 6.55. The number of carbonyl (C=O) groups is 1. The highest BCUT2D eigenvalue weighted by atomic mass is 16.7. The van der Waals surface area contributed by atoms with Gasteiger partial charge in [0.05, 0.1) is 5.41 Å². The predicted molar refractivity (Wildman–Crippen MR) is 74.2 cm³/mol. The first-order valence-corrected chi connectivity index (χ1v) is 6.93. The van der Waals surface area contributed by atoms with E-state index >= 15 is 0 Å². The molecule has 0 aliphatic rings. The van der Waals surface area contributed by atoms with Gasteiger partial charge in [0.2, 0.25) is 0 Å². The Labute approximate surface area is 112 Å². The van der Waals surface area contributed by atoms with Crippen molar-refractivity contribution in [3.05, 3.63) is 0 Å². The Morgan fingerprint density at radius 3 is 1.94 bits per heavy atom. The van der Waals surface area contributed by atoms with E-state index in [0.29, 0.717) is 6.61 Å². The third kappa shape index (κ3) is 3.71. The van der Waals surface area contributed by atoms with Crippen LogP contribution in [0.1, 0.15) is 61.8 Å². The maximum atomic E-state index is 12.5. The van der Waals surface area contributed by atoms with E-state index < -0.39 is 11.7 Å². The maximum absolute atomic E-state index is 12.5. The molecule has 108 valence electrons. The van der Waals surface area contributed by atoms with Crippen molar-refractivity contribution in [2.45, 2.75) is 68.1 Å². The Morgan fingerprint density at radius 2 is 1.61 bits per heavy atom. The molecule has 3 nitrogen and oxygen atoms in total. The largest absolute Gasteiger partial charge is 0.436 e. The van der Waals surface area contributed by atoms with Gasteiger partial charge in [0.25, 0.3) is 0 Å². The molecule has 0 rings (SSSR count). The molecule has 0 aromatic carbocycles. The van der Waals surface area contributed by atoms with Crippen LogP contribution in [0.2, 0.25) is 0 Å². The van der Waals surface area contributed by atoms with Crippen molar-refractivity contribution in [2.24, 2.45) is 16.7 Å². The molecule has 0 amide bonds. The number of esters is 1. The van der Waals surface area contributed by atoms with Gasteiger partial charge in [0.15, 0.2) is 6.29 Å². The molecule has 0 fully saturated rings. The number of ether oxygens (including phenoxy) is 2. The molecule has 3 atom stereocenters. The maximum Gasteiger partial charge on any atom is 0.314 e. The van der Waals surface area contributed by atoms with Crippen LogP contribution in [-0.2, 0) is 14.3 Å². The van der Waals surface area contributed by atoms with E-state index in [2.05, 4.69) is 34.6 Å². The highest BCUT2D eigenvalue weighted by molar-refractivity contribution is 5.77. The van der Waals surface area contributed by atoms with Crippen LogP contribution < -0.4 is 0 Å². The van der Waals surface area contributed by atoms with Gasteiger partial charge in [-0.15, -0.1) is 0 Å². The number of carbonyl (C=O) groups excluding carboxylic acids is 1. The van der Waals surface area contributed by atoms with Crippen molar-refractivity contribution in [1.82, 2.24) is 0 Å². The lowest BCUT2D eigenvalue weighted by atomic mass is 9.60. The van der Waals surface area contributed by atoms with E-state index in [1.165, 1.54) is 0 Å². The summed E-state index contributed by atoms with van der Waals surface area (Å²) in [5.41, 5.74) is -0.654. The van der Waals surface area contributed by atoms with Crippen LogP contribution in [0.3, 0.4) is 0 Å². The second-order valence-corrected chi connectivity index (χ2v) is 6.19. The van der Waals surface area contributed by atoms with Crippen LogP contribution in [0.5, 0.6) is 0 Å². The summed E-state index contributed by atoms with van der Waals surface area (Å²) < 4.78 is 10.7. The van der Waals surface area contributed by atoms with E-state index in [0.717, 1.165) is 6.42 Å². The van der Waals surface area contributed by atoms with Crippen molar-refractivity contribution in [1.29, 1.82) is 0 Å². The SMILES string of the molecule is CCOC(C)OC(=O)C(C)(C(C)CC)C(C)(C)C. The van der Waals surface area contributed by atoms with Gasteiger partial charge < -0.3 is 9.47 Å². The van der Waals surface area contributed by atoms with Crippen LogP contribution in [-0.4, -0.2) is 18.9 Å². The molecule has 0 aromatic rings. The van der Waals surface area contributed by atoms with Crippen LogP contribution in [0, 0.1) is 16.7 Å². The third-order valence-corrected chi connectivity index (χ3v) is 4.25. The number of hydrogen-bond acceptors (Lipinski definition) is 3. The first kappa shape index (κ1) is 17.4. The fourth-order valence-electron chi connectivity index (χ4n) is 2.20. The average Bonchev–Trinajstić information content (AvgIpc) is 2.25. The molecule has 3 heteroatoms. The van der Waals surface area contributed by atoms with Gasteiger partial charge in [-0.25, -0.2) is 0 Å². The van der Waals surface area contributed by atoms with E-state index in [1.54, 1.807) is 6.92 Å². The Kier molecular flexibility index (Phi) is 6.35. The summed E-state index contributed by atoms with van der Waals surface area (Å²) in [5, 5.41) is 0. The topological polar surface area (TPSA) is 35.5 Å². The van der Waals surface area contributed by atoms with Gasteiger partial charge in [-0.3, -0.25) is 4.79 Å². The van der Waals surface area contributed by atoms with Crippen LogP contribution in [0.25, 0.3) is 0 Å². The van der Waals surface area contributed by atoms with Gasteiger partial charge in [-0.1, -0.05) is 41.0 Å². The predicted octanol–water partition coefficient (Wildman–Crippen LogP) is 4.01. The molecule has 0 aliphatic heterocycles. The van der Waals surface area contributed by atoms with Gasteiger partial charge in [0.1, 0.15) is 0 Å². The molecule has 0 saturated heterocycles. The molecule has 0 saturated carbocycles. The summed E-state index contributed by atoms with van der Waals surface area (Å²) in [4.78, 5) is 12.5. The standard InChI is InChI=1S/C15H30O3/c1-9-11(3)15(8,14(5,6)7)13(16)18-12(4)17-10-2/h11-12H,9-10H2,1-8H3. The molecular weight excluding hydrogens is 228 g/mol. The molecule has 0 bridgehead atoms. The van der Waals surface area contributed by atoms with Gasteiger partial charge in [0, 0.05) is 6.61 Å². The zero-order chi connectivity index (χ0) is 14.6. The summed E-state index contributed by atoms with van der Waals surface area (Å²) in [6.07, 6.45) is 0.472. The number of hydrogen-bond donors (Lipinski definition) is 0. The highest BCUT2D eigenvalue weighted by Crippen LogP contribution is 2.46. The molecule has 0 radical (unpaired) electrons. The molecule has 0 N–H and O–H groups in total. The summed E-state index contributed by atoms with van der Waals surface area (Å²) in [6.45, 7) is 16.7. The van der Waals surface area contributed by atoms with E-state index in [4.69, 9.17) is 9.47 Å². The summed E-state index contributed by atoms with van der Waals surface area (Å²) in [6, 6.07) is 0. The van der Waals surface area contributed by atoms with Crippen LogP contribution >= 0.6 is 0 Å². The van der Waals surface area contributed by atoms with Crippen molar-refractivity contribution >= 4 is 5.97 Å². The summed E-state index contributed by atoms with van der Waals surface area (Å²) in [5.74, 6) is 0.101. The van der Waals surface area contributed by atoms with E-state index in [9.17, 15) is 4.79 Å². The molecule has 0 spiro atoms. The Hall–Kier alpha value is -0.570. The lowest BCUT2D eigenvalue weighted by Gasteiger charge is -2.44. The van der Waals surface area contributed by atoms with Crippen molar-refractivity contribution in [2.75, 3.05) is 6.61 Å². The average molecular weight is 258 g/mol. The summed E-state index contributed by atoms with van der Waals surface area (Å²) >= 11 is 0. The number of rotatable bonds is 6. The summed E-state index contributed by atoms with van der Waals surface area (Å²) in [7, 11) is 0. The van der Waals surface area contributed by atoms with Crippen LogP contribution in [0.4, 0.5) is 0 Å². The molecule has 0 aromatic heterocycles. The Bertz CT molecular complexity index is 267. The zero-order valence-electron chi connectivity index (χ0n) is 13.3. The van der Waals surface area contributed by atoms with Crippen molar-refractivity contribution < 1.29 is 14.3 Å². The highest BCUT2D eigenvalue weighted by Gasteiger charge is 2.49. The van der Waals surface area contributed by atoms with Gasteiger partial charge >= 0.3 is 5.97 Å². The van der Waals surface area contributed by atoms with E-state index in [-0.39, 0.29) is 17.3 Å². The third-order valence-electron chi connectivity index (χ3n) is 4.25. The lowest BCUT2D eigenvalue weighted by Crippen LogP contribution is -2.47. The molecule has 0 heterocycles. The molecular formula is C15H30O3. The first-order valence-electron chi connectivity index (χ1n) is 6.93. The lowest BCUT2D eigenvalue weighted by molar-refractivity contribution is -0.195. The van der Waals surface area contributed by atoms with Crippen molar-refractivity contribution in [3.8, 4) is 0 Å². The molecule has 18 heavy (non-hydrogen) atoms.